The van der Waals surface area contributed by atoms with Crippen LogP contribution in [0.2, 0.25) is 0 Å². The zero-order valence-electron chi connectivity index (χ0n) is 14.2. The Morgan fingerprint density at radius 1 is 0.947 bits per heavy atom. The van der Waals surface area contributed by atoms with Crippen LogP contribution in [0.3, 0.4) is 0 Å². The minimum Gasteiger partial charge on any atom is -0.316 e. The molecule has 0 aromatic heterocycles. The van der Waals surface area contributed by atoms with Crippen molar-refractivity contribution in [3.05, 3.63) is 0 Å². The Kier molecular flexibility index (Phi) is 5.84. The van der Waals surface area contributed by atoms with E-state index < -0.39 is 0 Å². The monoisotopic (exact) mass is 269 g/mol. The van der Waals surface area contributed by atoms with Gasteiger partial charge in [0.25, 0.3) is 0 Å². The molecule has 19 heavy (non-hydrogen) atoms. The molecule has 0 amide bonds. The average Bonchev–Trinajstić information content (AvgIpc) is 2.27. The molecule has 0 aliphatic carbocycles. The SMILES string of the molecule is CNC(CCN1CCN(C(C)(C)C)CC1)C(C)(C)C. The molecule has 0 aromatic carbocycles. The van der Waals surface area contributed by atoms with E-state index in [-0.39, 0.29) is 0 Å². The van der Waals surface area contributed by atoms with E-state index in [9.17, 15) is 0 Å². The van der Waals surface area contributed by atoms with Crippen molar-refractivity contribution in [2.75, 3.05) is 39.8 Å². The first-order chi connectivity index (χ1) is 8.64. The highest BCUT2D eigenvalue weighted by atomic mass is 15.3. The van der Waals surface area contributed by atoms with Gasteiger partial charge in [0.05, 0.1) is 0 Å². The molecule has 3 heteroatoms. The van der Waals surface area contributed by atoms with Crippen molar-refractivity contribution in [2.45, 2.75) is 59.5 Å². The predicted octanol–water partition coefficient (Wildman–Crippen LogP) is 2.43. The van der Waals surface area contributed by atoms with E-state index >= 15 is 0 Å². The summed E-state index contributed by atoms with van der Waals surface area (Å²) in [6, 6.07) is 0.605. The normalized spacial score (nSPS) is 21.6. The molecule has 0 aromatic rings. The molecule has 1 unspecified atom stereocenters. The number of hydrogen-bond donors (Lipinski definition) is 1. The topological polar surface area (TPSA) is 18.5 Å². The molecule has 1 atom stereocenters. The van der Waals surface area contributed by atoms with Crippen molar-refractivity contribution in [1.29, 1.82) is 0 Å². The largest absolute Gasteiger partial charge is 0.316 e. The second-order valence-electron chi connectivity index (χ2n) is 8.00. The van der Waals surface area contributed by atoms with Crippen LogP contribution in [0.25, 0.3) is 0 Å². The maximum absolute atomic E-state index is 3.48. The van der Waals surface area contributed by atoms with Gasteiger partial charge in [-0.3, -0.25) is 4.90 Å². The first-order valence-corrected chi connectivity index (χ1v) is 7.79. The van der Waals surface area contributed by atoms with Crippen LogP contribution in [0.15, 0.2) is 0 Å². The minimum absolute atomic E-state index is 0.324. The number of rotatable bonds is 4. The van der Waals surface area contributed by atoms with Crippen molar-refractivity contribution in [3.63, 3.8) is 0 Å². The molecular weight excluding hydrogens is 234 g/mol. The molecule has 0 bridgehead atoms. The maximum atomic E-state index is 3.48. The van der Waals surface area contributed by atoms with Gasteiger partial charge in [0.1, 0.15) is 0 Å². The van der Waals surface area contributed by atoms with E-state index in [1.165, 1.54) is 39.1 Å². The molecule has 1 rings (SSSR count). The predicted molar refractivity (Wildman–Crippen MR) is 84.7 cm³/mol. The van der Waals surface area contributed by atoms with Crippen molar-refractivity contribution in [1.82, 2.24) is 15.1 Å². The molecule has 1 aliphatic heterocycles. The first kappa shape index (κ1) is 16.9. The van der Waals surface area contributed by atoms with Gasteiger partial charge in [-0.2, -0.15) is 0 Å². The Balaban J connectivity index is 2.34. The lowest BCUT2D eigenvalue weighted by atomic mass is 9.85. The van der Waals surface area contributed by atoms with Crippen LogP contribution in [-0.4, -0.2) is 61.2 Å². The quantitative estimate of drug-likeness (QED) is 0.845. The Morgan fingerprint density at radius 2 is 1.47 bits per heavy atom. The number of piperazine rings is 1. The van der Waals surface area contributed by atoms with Crippen LogP contribution < -0.4 is 5.32 Å². The van der Waals surface area contributed by atoms with Gasteiger partial charge in [-0.05, 0) is 46.2 Å². The van der Waals surface area contributed by atoms with Crippen LogP contribution in [-0.2, 0) is 0 Å². The van der Waals surface area contributed by atoms with Crippen molar-refractivity contribution in [3.8, 4) is 0 Å². The summed E-state index contributed by atoms with van der Waals surface area (Å²) >= 11 is 0. The fraction of sp³-hybridized carbons (Fsp3) is 1.00. The number of nitrogens with zero attached hydrogens (tertiary/aromatic N) is 2. The molecule has 1 aliphatic rings. The van der Waals surface area contributed by atoms with E-state index in [0.717, 1.165) is 0 Å². The summed E-state index contributed by atoms with van der Waals surface area (Å²) in [7, 11) is 2.09. The second kappa shape index (κ2) is 6.55. The molecule has 1 heterocycles. The smallest absolute Gasteiger partial charge is 0.0126 e. The lowest BCUT2D eigenvalue weighted by Gasteiger charge is -2.43. The maximum Gasteiger partial charge on any atom is 0.0126 e. The zero-order chi connectivity index (χ0) is 14.7. The molecule has 0 saturated carbocycles. The van der Waals surface area contributed by atoms with E-state index in [1.807, 2.05) is 0 Å². The third-order valence-electron chi connectivity index (χ3n) is 4.45. The van der Waals surface area contributed by atoms with Crippen LogP contribution in [0.1, 0.15) is 48.0 Å². The van der Waals surface area contributed by atoms with Crippen LogP contribution in [0.5, 0.6) is 0 Å². The van der Waals surface area contributed by atoms with Gasteiger partial charge < -0.3 is 10.2 Å². The van der Waals surface area contributed by atoms with Gasteiger partial charge >= 0.3 is 0 Å². The lowest BCUT2D eigenvalue weighted by molar-refractivity contribution is 0.0585. The standard InChI is InChI=1S/C16H35N3/c1-15(2,3)14(17-7)8-9-18-10-12-19(13-11-18)16(4,5)6/h14,17H,8-13H2,1-7H3. The van der Waals surface area contributed by atoms with Gasteiger partial charge in [0, 0.05) is 37.8 Å². The zero-order valence-corrected chi connectivity index (χ0v) is 14.2. The molecule has 1 saturated heterocycles. The summed E-state index contributed by atoms with van der Waals surface area (Å²) in [6.07, 6.45) is 1.25. The van der Waals surface area contributed by atoms with Gasteiger partial charge in [0.15, 0.2) is 0 Å². The summed E-state index contributed by atoms with van der Waals surface area (Å²) in [5.74, 6) is 0. The first-order valence-electron chi connectivity index (χ1n) is 7.79. The van der Waals surface area contributed by atoms with Crippen LogP contribution in [0, 0.1) is 5.41 Å². The molecule has 1 fully saturated rings. The number of hydrogen-bond acceptors (Lipinski definition) is 3. The summed E-state index contributed by atoms with van der Waals surface area (Å²) in [5.41, 5.74) is 0.674. The third-order valence-corrected chi connectivity index (χ3v) is 4.45. The lowest BCUT2D eigenvalue weighted by Crippen LogP contribution is -2.54. The Hall–Kier alpha value is -0.120. The molecule has 1 N–H and O–H groups in total. The average molecular weight is 269 g/mol. The summed E-state index contributed by atoms with van der Waals surface area (Å²) in [6.45, 7) is 20.0. The Bertz CT molecular complexity index is 254. The fourth-order valence-electron chi connectivity index (χ4n) is 2.96. The Morgan fingerprint density at radius 3 is 1.84 bits per heavy atom. The van der Waals surface area contributed by atoms with E-state index in [4.69, 9.17) is 0 Å². The summed E-state index contributed by atoms with van der Waals surface area (Å²) in [4.78, 5) is 5.22. The van der Waals surface area contributed by atoms with Gasteiger partial charge in [-0.25, -0.2) is 0 Å². The highest BCUT2D eigenvalue weighted by Crippen LogP contribution is 2.22. The number of nitrogens with one attached hydrogen (secondary N) is 1. The second-order valence-corrected chi connectivity index (χ2v) is 8.00. The highest BCUT2D eigenvalue weighted by molar-refractivity contribution is 4.84. The summed E-state index contributed by atoms with van der Waals surface area (Å²) < 4.78 is 0. The van der Waals surface area contributed by atoms with E-state index in [1.54, 1.807) is 0 Å². The molecule has 114 valence electrons. The molecule has 0 radical (unpaired) electrons. The van der Waals surface area contributed by atoms with Gasteiger partial charge in [-0.15, -0.1) is 0 Å². The van der Waals surface area contributed by atoms with E-state index in [2.05, 4.69) is 63.7 Å². The molecule has 3 nitrogen and oxygen atoms in total. The summed E-state index contributed by atoms with van der Waals surface area (Å²) in [5, 5.41) is 3.48. The third kappa shape index (κ3) is 5.41. The van der Waals surface area contributed by atoms with Gasteiger partial charge in [0.2, 0.25) is 0 Å². The van der Waals surface area contributed by atoms with Crippen LogP contribution >= 0.6 is 0 Å². The molecule has 0 spiro atoms. The van der Waals surface area contributed by atoms with Crippen molar-refractivity contribution >= 4 is 0 Å². The highest BCUT2D eigenvalue weighted by Gasteiger charge is 2.27. The van der Waals surface area contributed by atoms with Crippen molar-refractivity contribution < 1.29 is 0 Å². The fourth-order valence-corrected chi connectivity index (χ4v) is 2.96. The molecular formula is C16H35N3. The van der Waals surface area contributed by atoms with Crippen molar-refractivity contribution in [2.24, 2.45) is 5.41 Å². The van der Waals surface area contributed by atoms with E-state index in [0.29, 0.717) is 17.0 Å². The Labute approximate surface area is 120 Å². The van der Waals surface area contributed by atoms with Gasteiger partial charge in [-0.1, -0.05) is 20.8 Å². The minimum atomic E-state index is 0.324. The van der Waals surface area contributed by atoms with Crippen LogP contribution in [0.4, 0.5) is 0 Å².